The Labute approximate surface area is 229 Å². The van der Waals surface area contributed by atoms with E-state index >= 15 is 4.39 Å². The van der Waals surface area contributed by atoms with Crippen LogP contribution in [0.15, 0.2) is 132 Å². The summed E-state index contributed by atoms with van der Waals surface area (Å²) in [5.41, 5.74) is 5.89. The van der Waals surface area contributed by atoms with Crippen LogP contribution < -0.4 is 0 Å². The normalized spacial score (nSPS) is 12.5. The number of aromatic nitrogens is 3. The molecule has 0 bridgehead atoms. The molecule has 0 spiro atoms. The van der Waals surface area contributed by atoms with Crippen LogP contribution in [0.1, 0.15) is 17.3 Å². The minimum Gasteiger partial charge on any atom is -0.456 e. The molecule has 40 heavy (non-hydrogen) atoms. The molecule has 4 aromatic carbocycles. The highest BCUT2D eigenvalue weighted by Crippen LogP contribution is 2.45. The number of benzene rings is 4. The van der Waals surface area contributed by atoms with Gasteiger partial charge in [0, 0.05) is 45.1 Å². The lowest BCUT2D eigenvalue weighted by Crippen LogP contribution is -1.99. The molecule has 190 valence electrons. The summed E-state index contributed by atoms with van der Waals surface area (Å²) >= 11 is 0. The molecule has 0 N–H and O–H groups in total. The van der Waals surface area contributed by atoms with Crippen molar-refractivity contribution in [3.63, 3.8) is 0 Å². The number of hydrogen-bond acceptors (Lipinski definition) is 3. The van der Waals surface area contributed by atoms with Gasteiger partial charge in [-0.05, 0) is 54.1 Å². The Hall–Kier alpha value is -5.29. The molecule has 0 aliphatic heterocycles. The van der Waals surface area contributed by atoms with E-state index in [0.29, 0.717) is 16.7 Å². The maximum absolute atomic E-state index is 16.8. The number of furan rings is 1. The zero-order valence-corrected chi connectivity index (χ0v) is 21.3. The van der Waals surface area contributed by atoms with E-state index in [4.69, 9.17) is 4.42 Å². The summed E-state index contributed by atoms with van der Waals surface area (Å²) in [6, 6.07) is 37.2. The summed E-state index contributed by atoms with van der Waals surface area (Å²) in [4.78, 5) is 9.13. The number of fused-ring (bicyclic) bond motifs is 7. The van der Waals surface area contributed by atoms with E-state index < -0.39 is 6.17 Å². The van der Waals surface area contributed by atoms with Gasteiger partial charge in [-0.15, -0.1) is 0 Å². The minimum absolute atomic E-state index is 0.483. The molecule has 0 saturated heterocycles. The number of hydrogen-bond donors (Lipinski definition) is 0. The SMILES string of the molecule is FC(c1cccc(-c2ccccn2)c1)c1cc2c(c3ccccc3n2-c2ccccn2)c2c1oc1ccccc12. The average molecular weight is 520 g/mol. The lowest BCUT2D eigenvalue weighted by molar-refractivity contribution is 0.401. The summed E-state index contributed by atoms with van der Waals surface area (Å²) in [6.45, 7) is 0. The summed E-state index contributed by atoms with van der Waals surface area (Å²) in [5.74, 6) is 0.777. The first-order valence-corrected chi connectivity index (χ1v) is 13.2. The quantitative estimate of drug-likeness (QED) is 0.233. The molecule has 8 aromatic rings. The van der Waals surface area contributed by atoms with Crippen molar-refractivity contribution in [3.05, 3.63) is 139 Å². The highest BCUT2D eigenvalue weighted by molar-refractivity contribution is 6.28. The second-order valence-corrected chi connectivity index (χ2v) is 9.91. The van der Waals surface area contributed by atoms with Crippen LogP contribution in [0, 0.1) is 0 Å². The number of para-hydroxylation sites is 2. The van der Waals surface area contributed by atoms with Crippen molar-refractivity contribution in [1.82, 2.24) is 14.5 Å². The van der Waals surface area contributed by atoms with Gasteiger partial charge in [-0.25, -0.2) is 9.37 Å². The summed E-state index contributed by atoms with van der Waals surface area (Å²) in [6.07, 6.45) is 2.10. The third kappa shape index (κ3) is 3.38. The molecule has 1 unspecified atom stereocenters. The Balaban J connectivity index is 1.47. The number of alkyl halides is 1. The average Bonchev–Trinajstić information content (AvgIpc) is 3.57. The number of rotatable bonds is 4. The standard InChI is InChI=1S/C35H22FN3O/c36-34(23-11-9-10-22(20-23)27-14-5-7-18-37-27)26-21-29-32(33-25-13-2-4-16-30(25)40-35(26)33)24-12-1-3-15-28(24)39(29)31-17-6-8-19-38-31/h1-21,34H. The monoisotopic (exact) mass is 519 g/mol. The van der Waals surface area contributed by atoms with Crippen molar-refractivity contribution in [2.24, 2.45) is 0 Å². The van der Waals surface area contributed by atoms with Crippen LogP contribution in [0.4, 0.5) is 4.39 Å². The molecule has 5 heteroatoms. The lowest BCUT2D eigenvalue weighted by atomic mass is 9.95. The van der Waals surface area contributed by atoms with E-state index in [1.165, 1.54) is 0 Å². The van der Waals surface area contributed by atoms with Crippen molar-refractivity contribution >= 4 is 43.7 Å². The molecule has 4 aromatic heterocycles. The van der Waals surface area contributed by atoms with E-state index in [1.807, 2.05) is 103 Å². The van der Waals surface area contributed by atoms with Gasteiger partial charge < -0.3 is 4.42 Å². The fourth-order valence-corrected chi connectivity index (χ4v) is 5.86. The third-order valence-corrected chi connectivity index (χ3v) is 7.60. The second-order valence-electron chi connectivity index (χ2n) is 9.91. The van der Waals surface area contributed by atoms with Gasteiger partial charge in [0.2, 0.25) is 0 Å². The summed E-state index contributed by atoms with van der Waals surface area (Å²) < 4.78 is 25.4. The third-order valence-electron chi connectivity index (χ3n) is 7.60. The Morgan fingerprint density at radius 3 is 2.25 bits per heavy atom. The van der Waals surface area contributed by atoms with Crippen LogP contribution in [-0.2, 0) is 0 Å². The Morgan fingerprint density at radius 2 is 1.43 bits per heavy atom. The summed E-state index contributed by atoms with van der Waals surface area (Å²) in [5, 5.41) is 3.97. The highest BCUT2D eigenvalue weighted by Gasteiger charge is 2.26. The molecule has 0 radical (unpaired) electrons. The largest absolute Gasteiger partial charge is 0.456 e. The van der Waals surface area contributed by atoms with E-state index in [0.717, 1.165) is 55.2 Å². The zero-order chi connectivity index (χ0) is 26.6. The van der Waals surface area contributed by atoms with Crippen LogP contribution in [0.3, 0.4) is 0 Å². The highest BCUT2D eigenvalue weighted by atomic mass is 19.1. The summed E-state index contributed by atoms with van der Waals surface area (Å²) in [7, 11) is 0. The fraction of sp³-hybridized carbons (Fsp3) is 0.0286. The van der Waals surface area contributed by atoms with E-state index in [2.05, 4.69) is 26.7 Å². The van der Waals surface area contributed by atoms with Gasteiger partial charge in [-0.1, -0.05) is 66.7 Å². The molecular weight excluding hydrogens is 497 g/mol. The maximum atomic E-state index is 16.8. The van der Waals surface area contributed by atoms with Gasteiger partial charge in [0.1, 0.15) is 17.0 Å². The van der Waals surface area contributed by atoms with Crippen LogP contribution in [0.5, 0.6) is 0 Å². The van der Waals surface area contributed by atoms with Gasteiger partial charge in [0.05, 0.1) is 16.7 Å². The van der Waals surface area contributed by atoms with Gasteiger partial charge in [-0.2, -0.15) is 0 Å². The number of nitrogens with zero attached hydrogens (tertiary/aromatic N) is 3. The molecule has 1 atom stereocenters. The smallest absolute Gasteiger partial charge is 0.154 e. The molecule has 0 aliphatic carbocycles. The van der Waals surface area contributed by atoms with Crippen LogP contribution >= 0.6 is 0 Å². The lowest BCUT2D eigenvalue weighted by Gasteiger charge is -2.13. The Kier molecular flexibility index (Phi) is 5.04. The molecule has 8 rings (SSSR count). The van der Waals surface area contributed by atoms with Crippen molar-refractivity contribution < 1.29 is 8.81 Å². The molecule has 0 aliphatic rings. The van der Waals surface area contributed by atoms with E-state index in [9.17, 15) is 0 Å². The molecular formula is C35H22FN3O. The fourth-order valence-electron chi connectivity index (χ4n) is 5.86. The van der Waals surface area contributed by atoms with Gasteiger partial charge in [-0.3, -0.25) is 9.55 Å². The molecule has 4 heterocycles. The topological polar surface area (TPSA) is 43.9 Å². The van der Waals surface area contributed by atoms with Gasteiger partial charge in [0.15, 0.2) is 6.17 Å². The number of halogens is 1. The predicted octanol–water partition coefficient (Wildman–Crippen LogP) is 9.20. The Bertz CT molecular complexity index is 2180. The molecule has 0 amide bonds. The van der Waals surface area contributed by atoms with E-state index in [1.54, 1.807) is 12.4 Å². The number of pyridine rings is 2. The van der Waals surface area contributed by atoms with Gasteiger partial charge >= 0.3 is 0 Å². The molecule has 0 saturated carbocycles. The van der Waals surface area contributed by atoms with Crippen LogP contribution in [0.25, 0.3) is 60.8 Å². The van der Waals surface area contributed by atoms with Crippen molar-refractivity contribution in [1.29, 1.82) is 0 Å². The van der Waals surface area contributed by atoms with E-state index in [-0.39, 0.29) is 0 Å². The zero-order valence-electron chi connectivity index (χ0n) is 21.3. The van der Waals surface area contributed by atoms with Crippen LogP contribution in [-0.4, -0.2) is 14.5 Å². The van der Waals surface area contributed by atoms with Crippen molar-refractivity contribution in [2.75, 3.05) is 0 Å². The maximum Gasteiger partial charge on any atom is 0.154 e. The predicted molar refractivity (Wildman–Crippen MR) is 158 cm³/mol. The first kappa shape index (κ1) is 22.7. The molecule has 4 nitrogen and oxygen atoms in total. The second kappa shape index (κ2) is 8.89. The van der Waals surface area contributed by atoms with Gasteiger partial charge in [0.25, 0.3) is 0 Å². The van der Waals surface area contributed by atoms with Crippen molar-refractivity contribution in [3.8, 4) is 17.1 Å². The Morgan fingerprint density at radius 1 is 0.650 bits per heavy atom. The minimum atomic E-state index is -1.42. The molecule has 0 fully saturated rings. The first-order chi connectivity index (χ1) is 19.8. The first-order valence-electron chi connectivity index (χ1n) is 13.2. The van der Waals surface area contributed by atoms with Crippen LogP contribution in [0.2, 0.25) is 0 Å². The van der Waals surface area contributed by atoms with Crippen molar-refractivity contribution in [2.45, 2.75) is 6.17 Å².